The molecule has 14 heteroatoms. The molecule has 1 rings (SSSR count). The predicted octanol–water partition coefficient (Wildman–Crippen LogP) is 3.54. The lowest BCUT2D eigenvalue weighted by atomic mass is 10.00. The van der Waals surface area contributed by atoms with E-state index in [4.69, 9.17) is 16.7 Å². The van der Waals surface area contributed by atoms with Crippen LogP contribution in [0, 0.1) is 5.92 Å². The molecule has 0 bridgehead atoms. The van der Waals surface area contributed by atoms with Gasteiger partial charge in [-0.05, 0) is 22.0 Å². The van der Waals surface area contributed by atoms with Crippen molar-refractivity contribution in [1.82, 2.24) is 4.72 Å². The Morgan fingerprint density at radius 1 is 1.26 bits per heavy atom. The van der Waals surface area contributed by atoms with E-state index in [9.17, 15) is 34.8 Å². The molecule has 1 aromatic heterocycles. The number of thiophene rings is 1. The Kier molecular flexibility index (Phi) is 6.41. The van der Waals surface area contributed by atoms with E-state index in [1.807, 2.05) is 0 Å². The zero-order chi connectivity index (χ0) is 18.2. The Bertz CT molecular complexity index is 626. The first kappa shape index (κ1) is 21.0. The summed E-state index contributed by atoms with van der Waals surface area (Å²) in [6.07, 6.45) is -11.6. The first-order valence-corrected chi connectivity index (χ1v) is 8.88. The molecule has 0 saturated carbocycles. The Balaban J connectivity index is 3.20. The third-order valence-corrected chi connectivity index (χ3v) is 6.94. The average Bonchev–Trinajstić information content (AvgIpc) is 2.65. The maximum absolute atomic E-state index is 12.6. The molecule has 0 radical (unpaired) electrons. The van der Waals surface area contributed by atoms with Crippen molar-refractivity contribution in [3.63, 3.8) is 0 Å². The van der Waals surface area contributed by atoms with Crippen LogP contribution in [-0.2, 0) is 10.0 Å². The highest BCUT2D eigenvalue weighted by Gasteiger charge is 2.60. The molecule has 0 saturated heterocycles. The van der Waals surface area contributed by atoms with Gasteiger partial charge >= 0.3 is 12.4 Å². The molecule has 0 aliphatic carbocycles. The Hall–Kier alpha value is -0.0800. The third-order valence-electron chi connectivity index (χ3n) is 2.50. The molecule has 1 atom stereocenters. The Labute approximate surface area is 143 Å². The van der Waals surface area contributed by atoms with Crippen molar-refractivity contribution in [2.24, 2.45) is 5.92 Å². The maximum atomic E-state index is 12.6. The molecule has 0 unspecified atom stereocenters. The van der Waals surface area contributed by atoms with Crippen LogP contribution in [0.1, 0.15) is 0 Å². The molecule has 1 aromatic rings. The van der Waals surface area contributed by atoms with E-state index >= 15 is 0 Å². The van der Waals surface area contributed by atoms with Crippen molar-refractivity contribution >= 4 is 48.9 Å². The van der Waals surface area contributed by atoms with Crippen LogP contribution >= 0.6 is 38.9 Å². The molecule has 2 N–H and O–H groups in total. The Morgan fingerprint density at radius 2 is 1.74 bits per heavy atom. The lowest BCUT2D eigenvalue weighted by Crippen LogP contribution is -2.54. The minimum atomic E-state index is -5.80. The standard InChI is InChI=1S/C9H7BrClF6NO3S2/c10-3-1-5(22-7(3)11)23(20,21)18-4(2-19)6(8(12,13)14)9(15,16)17/h1,4,6,18-19H,2H2/t4-/m1/s1. The van der Waals surface area contributed by atoms with Crippen LogP contribution in [0.5, 0.6) is 0 Å². The van der Waals surface area contributed by atoms with Crippen LogP contribution < -0.4 is 4.72 Å². The van der Waals surface area contributed by atoms with Crippen molar-refractivity contribution < 1.29 is 39.9 Å². The SMILES string of the molecule is O=S(=O)(N[C@H](CO)C(C(F)(F)F)C(F)(F)F)c1cc(Br)c(Cl)s1. The van der Waals surface area contributed by atoms with Crippen LogP contribution in [-0.4, -0.2) is 38.5 Å². The summed E-state index contributed by atoms with van der Waals surface area (Å²) >= 11 is 8.87. The van der Waals surface area contributed by atoms with E-state index in [0.717, 1.165) is 6.07 Å². The highest BCUT2D eigenvalue weighted by Crippen LogP contribution is 2.42. The van der Waals surface area contributed by atoms with Gasteiger partial charge in [0.05, 0.1) is 12.6 Å². The second-order valence-corrected chi connectivity index (χ2v) is 8.61. The summed E-state index contributed by atoms with van der Waals surface area (Å²) < 4.78 is 100. The number of rotatable bonds is 5. The van der Waals surface area contributed by atoms with Crippen LogP contribution in [0.3, 0.4) is 0 Å². The molecule has 0 aromatic carbocycles. The fourth-order valence-electron chi connectivity index (χ4n) is 1.57. The first-order valence-electron chi connectivity index (χ1n) is 5.41. The van der Waals surface area contributed by atoms with Gasteiger partial charge < -0.3 is 5.11 Å². The first-order chi connectivity index (χ1) is 10.2. The summed E-state index contributed by atoms with van der Waals surface area (Å²) in [5.41, 5.74) is 0. The van der Waals surface area contributed by atoms with Crippen molar-refractivity contribution in [2.45, 2.75) is 22.6 Å². The zero-order valence-corrected chi connectivity index (χ0v) is 14.5. The smallest absolute Gasteiger partial charge is 0.395 e. The second kappa shape index (κ2) is 7.04. The van der Waals surface area contributed by atoms with Crippen molar-refractivity contribution in [3.8, 4) is 0 Å². The molecule has 23 heavy (non-hydrogen) atoms. The van der Waals surface area contributed by atoms with E-state index in [1.165, 1.54) is 4.72 Å². The van der Waals surface area contributed by atoms with Crippen LogP contribution in [0.25, 0.3) is 0 Å². The van der Waals surface area contributed by atoms with Gasteiger partial charge in [-0.3, -0.25) is 0 Å². The van der Waals surface area contributed by atoms with Gasteiger partial charge in [0.15, 0.2) is 5.92 Å². The summed E-state index contributed by atoms with van der Waals surface area (Å²) in [7, 11) is -4.74. The summed E-state index contributed by atoms with van der Waals surface area (Å²) in [6.45, 7) is -1.71. The maximum Gasteiger partial charge on any atom is 0.402 e. The van der Waals surface area contributed by atoms with Crippen LogP contribution in [0.2, 0.25) is 4.34 Å². The lowest BCUT2D eigenvalue weighted by molar-refractivity contribution is -0.292. The molecule has 0 amide bonds. The number of hydrogen-bond acceptors (Lipinski definition) is 4. The zero-order valence-electron chi connectivity index (χ0n) is 10.5. The quantitative estimate of drug-likeness (QED) is 0.647. The molecule has 4 nitrogen and oxygen atoms in total. The van der Waals surface area contributed by atoms with E-state index < -0.39 is 45.2 Å². The predicted molar refractivity (Wildman–Crippen MR) is 73.8 cm³/mol. The molecule has 0 spiro atoms. The molecule has 0 aliphatic heterocycles. The lowest BCUT2D eigenvalue weighted by Gasteiger charge is -2.29. The molecular weight excluding hydrogens is 464 g/mol. The van der Waals surface area contributed by atoms with Gasteiger partial charge in [-0.25, -0.2) is 13.1 Å². The van der Waals surface area contributed by atoms with E-state index in [1.54, 1.807) is 0 Å². The molecular formula is C9H7BrClF6NO3S2. The molecule has 134 valence electrons. The summed E-state index contributed by atoms with van der Waals surface area (Å²) in [6, 6.07) is -1.92. The Morgan fingerprint density at radius 3 is 2.04 bits per heavy atom. The van der Waals surface area contributed by atoms with Gasteiger partial charge in [0.1, 0.15) is 8.55 Å². The highest BCUT2D eigenvalue weighted by molar-refractivity contribution is 9.10. The number of nitrogens with one attached hydrogen (secondary N) is 1. The van der Waals surface area contributed by atoms with Crippen LogP contribution in [0.4, 0.5) is 26.3 Å². The van der Waals surface area contributed by atoms with Gasteiger partial charge in [0.2, 0.25) is 10.0 Å². The number of alkyl halides is 6. The van der Waals surface area contributed by atoms with Gasteiger partial charge in [0, 0.05) is 4.47 Å². The summed E-state index contributed by atoms with van der Waals surface area (Å²) in [5, 5.41) is 8.83. The van der Waals surface area contributed by atoms with Crippen molar-refractivity contribution in [2.75, 3.05) is 6.61 Å². The fourth-order valence-corrected chi connectivity index (χ4v) is 5.13. The van der Waals surface area contributed by atoms with Crippen molar-refractivity contribution in [1.29, 1.82) is 0 Å². The van der Waals surface area contributed by atoms with E-state index in [-0.39, 0.29) is 8.81 Å². The molecule has 0 fully saturated rings. The number of hydrogen-bond donors (Lipinski definition) is 2. The largest absolute Gasteiger partial charge is 0.402 e. The molecule has 0 aliphatic rings. The fraction of sp³-hybridized carbons (Fsp3) is 0.556. The van der Waals surface area contributed by atoms with Gasteiger partial charge in [-0.2, -0.15) is 26.3 Å². The normalized spacial score (nSPS) is 15.2. The monoisotopic (exact) mass is 469 g/mol. The van der Waals surface area contributed by atoms with E-state index in [2.05, 4.69) is 15.9 Å². The number of sulfonamides is 1. The van der Waals surface area contributed by atoms with Gasteiger partial charge in [0.25, 0.3) is 0 Å². The minimum absolute atomic E-state index is 0.0610. The molecule has 1 heterocycles. The highest BCUT2D eigenvalue weighted by atomic mass is 79.9. The van der Waals surface area contributed by atoms with Crippen molar-refractivity contribution in [3.05, 3.63) is 14.9 Å². The summed E-state index contributed by atoms with van der Waals surface area (Å²) in [4.78, 5) is 0. The summed E-state index contributed by atoms with van der Waals surface area (Å²) in [5.74, 6) is -4.06. The number of aliphatic hydroxyl groups is 1. The number of aliphatic hydroxyl groups excluding tert-OH is 1. The minimum Gasteiger partial charge on any atom is -0.395 e. The number of halogens is 8. The average molecular weight is 471 g/mol. The van der Waals surface area contributed by atoms with Crippen LogP contribution in [0.15, 0.2) is 14.7 Å². The third kappa shape index (κ3) is 5.19. The van der Waals surface area contributed by atoms with Gasteiger partial charge in [-0.15, -0.1) is 11.3 Å². The van der Waals surface area contributed by atoms with E-state index in [0.29, 0.717) is 11.3 Å². The second-order valence-electron chi connectivity index (χ2n) is 4.16. The van der Waals surface area contributed by atoms with Gasteiger partial charge in [-0.1, -0.05) is 11.6 Å². The topological polar surface area (TPSA) is 66.4 Å².